The number of nitrogens with zero attached hydrogens (tertiary/aromatic N) is 4. The van der Waals surface area contributed by atoms with Gasteiger partial charge in [-0.05, 0) is 6.92 Å². The first kappa shape index (κ1) is 14.1. The van der Waals surface area contributed by atoms with Crippen LogP contribution in [0.3, 0.4) is 0 Å². The third-order valence-electron chi connectivity index (χ3n) is 3.10. The number of H-pyrrole nitrogens is 1. The van der Waals surface area contributed by atoms with Gasteiger partial charge in [-0.2, -0.15) is 0 Å². The van der Waals surface area contributed by atoms with Crippen molar-refractivity contribution in [1.29, 1.82) is 0 Å². The van der Waals surface area contributed by atoms with Gasteiger partial charge in [-0.3, -0.25) is 13.9 Å². The summed E-state index contributed by atoms with van der Waals surface area (Å²) in [7, 11) is 3.05. The van der Waals surface area contributed by atoms with E-state index in [0.29, 0.717) is 22.1 Å². The van der Waals surface area contributed by atoms with Crippen LogP contribution < -0.4 is 11.2 Å². The molecule has 3 heterocycles. The van der Waals surface area contributed by atoms with Crippen molar-refractivity contribution in [2.45, 2.75) is 17.8 Å². The molecule has 9 heteroatoms. The maximum Gasteiger partial charge on any atom is 0.332 e. The van der Waals surface area contributed by atoms with Crippen LogP contribution in [-0.4, -0.2) is 24.1 Å². The first-order valence-corrected chi connectivity index (χ1v) is 8.03. The van der Waals surface area contributed by atoms with Gasteiger partial charge >= 0.3 is 5.69 Å². The molecule has 0 bridgehead atoms. The number of imidazole rings is 1. The maximum absolute atomic E-state index is 12.1. The summed E-state index contributed by atoms with van der Waals surface area (Å²) in [6.07, 6.45) is 0. The molecule has 0 aliphatic carbocycles. The first-order valence-electron chi connectivity index (χ1n) is 6.17. The molecule has 0 radical (unpaired) electrons. The molecular weight excluding hydrogens is 310 g/mol. The van der Waals surface area contributed by atoms with Crippen LogP contribution in [0.5, 0.6) is 0 Å². The van der Waals surface area contributed by atoms with E-state index in [2.05, 4.69) is 15.0 Å². The zero-order valence-electron chi connectivity index (χ0n) is 11.7. The van der Waals surface area contributed by atoms with Crippen LogP contribution >= 0.6 is 23.1 Å². The number of thiazole rings is 1. The zero-order chi connectivity index (χ0) is 15.1. The largest absolute Gasteiger partial charge is 0.332 e. The molecule has 1 N–H and O–H groups in total. The molecule has 0 amide bonds. The normalized spacial score (nSPS) is 11.4. The van der Waals surface area contributed by atoms with E-state index in [1.165, 1.54) is 23.4 Å². The smallest absolute Gasteiger partial charge is 0.327 e. The number of nitrogens with one attached hydrogen (secondary N) is 1. The van der Waals surface area contributed by atoms with Crippen LogP contribution in [0.4, 0.5) is 0 Å². The Morgan fingerprint density at radius 3 is 2.71 bits per heavy atom. The lowest BCUT2D eigenvalue weighted by atomic mass is 10.5. The third kappa shape index (κ3) is 2.42. The second kappa shape index (κ2) is 5.15. The Kier molecular flexibility index (Phi) is 3.46. The highest BCUT2D eigenvalue weighted by Crippen LogP contribution is 2.22. The Morgan fingerprint density at radius 2 is 2.05 bits per heavy atom. The van der Waals surface area contributed by atoms with Crippen LogP contribution in [-0.2, 0) is 19.8 Å². The van der Waals surface area contributed by atoms with Gasteiger partial charge in [-0.25, -0.2) is 14.8 Å². The Balaban J connectivity index is 1.98. The SMILES string of the molecule is Cc1nc(CSc2nc3c([nH]2)c(=O)n(C)c(=O)n3C)cs1. The summed E-state index contributed by atoms with van der Waals surface area (Å²) in [6.45, 7) is 1.96. The third-order valence-corrected chi connectivity index (χ3v) is 4.83. The lowest BCUT2D eigenvalue weighted by Crippen LogP contribution is -2.36. The second-order valence-electron chi connectivity index (χ2n) is 4.59. The van der Waals surface area contributed by atoms with Gasteiger partial charge in [0.05, 0.1) is 10.7 Å². The van der Waals surface area contributed by atoms with Gasteiger partial charge < -0.3 is 4.98 Å². The predicted octanol–water partition coefficient (Wildman–Crippen LogP) is 1.02. The number of aryl methyl sites for hydroxylation is 2. The number of aromatic amines is 1. The van der Waals surface area contributed by atoms with E-state index in [1.54, 1.807) is 18.4 Å². The lowest BCUT2D eigenvalue weighted by molar-refractivity contribution is 0.708. The summed E-state index contributed by atoms with van der Waals surface area (Å²) in [6, 6.07) is 0. The van der Waals surface area contributed by atoms with Gasteiger partial charge in [0.2, 0.25) is 0 Å². The van der Waals surface area contributed by atoms with Crippen molar-refractivity contribution in [2.24, 2.45) is 14.1 Å². The first-order chi connectivity index (χ1) is 9.97. The average molecular weight is 323 g/mol. The quantitative estimate of drug-likeness (QED) is 0.727. The Morgan fingerprint density at radius 1 is 1.29 bits per heavy atom. The minimum atomic E-state index is -0.384. The van der Waals surface area contributed by atoms with Gasteiger partial charge in [-0.1, -0.05) is 11.8 Å². The molecular formula is C12H13N5O2S2. The van der Waals surface area contributed by atoms with Gasteiger partial charge in [0, 0.05) is 25.2 Å². The number of thioether (sulfide) groups is 1. The molecule has 21 heavy (non-hydrogen) atoms. The van der Waals surface area contributed by atoms with Crippen molar-refractivity contribution in [3.63, 3.8) is 0 Å². The number of aromatic nitrogens is 5. The van der Waals surface area contributed by atoms with Crippen molar-refractivity contribution < 1.29 is 0 Å². The van der Waals surface area contributed by atoms with E-state index in [4.69, 9.17) is 0 Å². The van der Waals surface area contributed by atoms with E-state index in [9.17, 15) is 9.59 Å². The molecule has 0 aliphatic rings. The molecule has 0 atom stereocenters. The highest BCUT2D eigenvalue weighted by atomic mass is 32.2. The molecule has 3 aromatic rings. The standard InChI is InChI=1S/C12H13N5O2S2/c1-6-13-7(4-20-6)5-21-11-14-8-9(15-11)16(2)12(19)17(3)10(8)18/h4H,5H2,1-3H3,(H,14,15). The fourth-order valence-electron chi connectivity index (χ4n) is 1.99. The molecule has 0 saturated heterocycles. The summed E-state index contributed by atoms with van der Waals surface area (Å²) >= 11 is 3.06. The molecule has 0 spiro atoms. The summed E-state index contributed by atoms with van der Waals surface area (Å²) in [5.74, 6) is 0.665. The van der Waals surface area contributed by atoms with Crippen molar-refractivity contribution in [3.8, 4) is 0 Å². The van der Waals surface area contributed by atoms with Crippen molar-refractivity contribution >= 4 is 34.3 Å². The lowest BCUT2D eigenvalue weighted by Gasteiger charge is -2.00. The van der Waals surface area contributed by atoms with Crippen LogP contribution in [0.2, 0.25) is 0 Å². The fraction of sp³-hybridized carbons (Fsp3) is 0.333. The highest BCUT2D eigenvalue weighted by molar-refractivity contribution is 7.98. The maximum atomic E-state index is 12.1. The van der Waals surface area contributed by atoms with Crippen molar-refractivity contribution in [2.75, 3.05) is 0 Å². The number of rotatable bonds is 3. The minimum Gasteiger partial charge on any atom is -0.327 e. The number of hydrogen-bond donors (Lipinski definition) is 1. The van der Waals surface area contributed by atoms with Gasteiger partial charge in [0.1, 0.15) is 0 Å². The Hall–Kier alpha value is -1.87. The average Bonchev–Trinajstić information content (AvgIpc) is 3.07. The summed E-state index contributed by atoms with van der Waals surface area (Å²) in [5, 5.41) is 3.63. The highest BCUT2D eigenvalue weighted by Gasteiger charge is 2.13. The van der Waals surface area contributed by atoms with Crippen LogP contribution in [0, 0.1) is 6.92 Å². The van der Waals surface area contributed by atoms with E-state index >= 15 is 0 Å². The van der Waals surface area contributed by atoms with E-state index in [0.717, 1.165) is 15.3 Å². The molecule has 0 aliphatic heterocycles. The van der Waals surface area contributed by atoms with Crippen molar-refractivity contribution in [1.82, 2.24) is 24.1 Å². The monoisotopic (exact) mass is 323 g/mol. The predicted molar refractivity (Wildman–Crippen MR) is 83.0 cm³/mol. The number of hydrogen-bond acceptors (Lipinski definition) is 6. The Bertz CT molecular complexity index is 933. The van der Waals surface area contributed by atoms with E-state index < -0.39 is 0 Å². The zero-order valence-corrected chi connectivity index (χ0v) is 13.3. The molecule has 3 aromatic heterocycles. The molecule has 3 rings (SSSR count). The molecule has 110 valence electrons. The van der Waals surface area contributed by atoms with E-state index in [-0.39, 0.29) is 11.2 Å². The van der Waals surface area contributed by atoms with Crippen LogP contribution in [0.25, 0.3) is 11.2 Å². The van der Waals surface area contributed by atoms with Gasteiger partial charge in [0.15, 0.2) is 16.3 Å². The number of fused-ring (bicyclic) bond motifs is 1. The summed E-state index contributed by atoms with van der Waals surface area (Å²) in [5.41, 5.74) is 0.948. The Labute approximate surface area is 127 Å². The molecule has 0 aromatic carbocycles. The van der Waals surface area contributed by atoms with E-state index in [1.807, 2.05) is 12.3 Å². The molecule has 7 nitrogen and oxygen atoms in total. The van der Waals surface area contributed by atoms with Gasteiger partial charge in [0.25, 0.3) is 5.56 Å². The molecule has 0 fully saturated rings. The molecule has 0 unspecified atom stereocenters. The molecule has 0 saturated carbocycles. The minimum absolute atomic E-state index is 0.344. The topological polar surface area (TPSA) is 85.6 Å². The van der Waals surface area contributed by atoms with Crippen molar-refractivity contribution in [3.05, 3.63) is 36.9 Å². The summed E-state index contributed by atoms with van der Waals surface area (Å²) in [4.78, 5) is 35.6. The summed E-state index contributed by atoms with van der Waals surface area (Å²) < 4.78 is 2.43. The van der Waals surface area contributed by atoms with Crippen LogP contribution in [0.1, 0.15) is 10.7 Å². The van der Waals surface area contributed by atoms with Crippen LogP contribution in [0.15, 0.2) is 20.1 Å². The second-order valence-corrected chi connectivity index (χ2v) is 6.62. The fourth-order valence-corrected chi connectivity index (χ4v) is 3.47. The van der Waals surface area contributed by atoms with Gasteiger partial charge in [-0.15, -0.1) is 11.3 Å².